The van der Waals surface area contributed by atoms with Gasteiger partial charge in [0.15, 0.2) is 5.13 Å². The molecule has 0 bridgehead atoms. The minimum absolute atomic E-state index is 0.159. The normalized spacial score (nSPS) is 21.1. The second-order valence-electron chi connectivity index (χ2n) is 6.83. The van der Waals surface area contributed by atoms with Gasteiger partial charge in [-0.1, -0.05) is 36.8 Å². The van der Waals surface area contributed by atoms with Crippen molar-refractivity contribution in [3.05, 3.63) is 23.8 Å². The molecule has 24 heavy (non-hydrogen) atoms. The molecule has 2 heterocycles. The van der Waals surface area contributed by atoms with Crippen LogP contribution in [0.5, 0.6) is 0 Å². The van der Waals surface area contributed by atoms with E-state index in [1.165, 1.54) is 16.7 Å². The van der Waals surface area contributed by atoms with Crippen LogP contribution in [0.2, 0.25) is 0 Å². The number of rotatable bonds is 5. The lowest BCUT2D eigenvalue weighted by molar-refractivity contribution is -0.125. The largest absolute Gasteiger partial charge is 0.376 e. The molecule has 1 aromatic heterocycles. The number of carbonyl (C=O) groups is 1. The third-order valence-corrected chi connectivity index (χ3v) is 6.28. The number of aromatic nitrogens is 1. The molecule has 1 aliphatic heterocycles. The number of para-hydroxylation sites is 1. The van der Waals surface area contributed by atoms with Crippen molar-refractivity contribution >= 4 is 32.6 Å². The summed E-state index contributed by atoms with van der Waals surface area (Å²) in [6.07, 6.45) is 6.46. The lowest BCUT2D eigenvalue weighted by Gasteiger charge is -2.31. The maximum atomic E-state index is 13.0. The zero-order valence-electron chi connectivity index (χ0n) is 14.2. The van der Waals surface area contributed by atoms with Crippen LogP contribution in [0, 0.1) is 5.92 Å². The van der Waals surface area contributed by atoms with Crippen molar-refractivity contribution < 1.29 is 9.53 Å². The third kappa shape index (κ3) is 2.95. The Balaban J connectivity index is 1.67. The number of nitrogens with zero attached hydrogens (tertiary/aromatic N) is 2. The average molecular weight is 344 g/mol. The molecule has 1 unspecified atom stereocenters. The highest BCUT2D eigenvalue weighted by Crippen LogP contribution is 2.35. The van der Waals surface area contributed by atoms with Crippen molar-refractivity contribution in [1.29, 1.82) is 0 Å². The first-order chi connectivity index (χ1) is 11.8. The molecule has 1 saturated carbocycles. The lowest BCUT2D eigenvalue weighted by Crippen LogP contribution is -2.43. The lowest BCUT2D eigenvalue weighted by atomic mass is 9.84. The Morgan fingerprint density at radius 1 is 1.33 bits per heavy atom. The van der Waals surface area contributed by atoms with Crippen LogP contribution in [0.3, 0.4) is 0 Å². The summed E-state index contributed by atoms with van der Waals surface area (Å²) in [6, 6.07) is 6.32. The van der Waals surface area contributed by atoms with Crippen LogP contribution >= 0.6 is 11.3 Å². The second kappa shape index (κ2) is 6.81. The van der Waals surface area contributed by atoms with E-state index in [0.29, 0.717) is 6.54 Å². The quantitative estimate of drug-likeness (QED) is 0.817. The topological polar surface area (TPSA) is 42.4 Å². The highest BCUT2D eigenvalue weighted by molar-refractivity contribution is 7.22. The van der Waals surface area contributed by atoms with Crippen LogP contribution < -0.4 is 4.90 Å². The van der Waals surface area contributed by atoms with Gasteiger partial charge in [0.1, 0.15) is 0 Å². The predicted molar refractivity (Wildman–Crippen MR) is 97.7 cm³/mol. The SMILES string of the molecule is CCc1cccc2sc(N(CC3CCCO3)C(=O)C3CCC3)nc12. The molecule has 2 aliphatic rings. The van der Waals surface area contributed by atoms with Gasteiger partial charge >= 0.3 is 0 Å². The van der Waals surface area contributed by atoms with E-state index in [2.05, 4.69) is 25.1 Å². The van der Waals surface area contributed by atoms with Crippen LogP contribution in [0.4, 0.5) is 5.13 Å². The van der Waals surface area contributed by atoms with Crippen molar-refractivity contribution in [1.82, 2.24) is 4.98 Å². The molecule has 4 rings (SSSR count). The maximum absolute atomic E-state index is 13.0. The highest BCUT2D eigenvalue weighted by atomic mass is 32.1. The Bertz CT molecular complexity index is 732. The van der Waals surface area contributed by atoms with Crippen LogP contribution in [0.15, 0.2) is 18.2 Å². The van der Waals surface area contributed by atoms with E-state index in [4.69, 9.17) is 9.72 Å². The molecule has 2 aromatic rings. The van der Waals surface area contributed by atoms with E-state index in [9.17, 15) is 4.79 Å². The number of thiazole rings is 1. The molecule has 1 aromatic carbocycles. The van der Waals surface area contributed by atoms with Crippen LogP contribution in [0.25, 0.3) is 10.2 Å². The van der Waals surface area contributed by atoms with Gasteiger partial charge in [0.2, 0.25) is 5.91 Å². The maximum Gasteiger partial charge on any atom is 0.231 e. The molecule has 4 nitrogen and oxygen atoms in total. The molecule has 1 saturated heterocycles. The van der Waals surface area contributed by atoms with Crippen molar-refractivity contribution in [3.8, 4) is 0 Å². The van der Waals surface area contributed by atoms with Gasteiger partial charge in [0, 0.05) is 12.5 Å². The van der Waals surface area contributed by atoms with E-state index in [1.54, 1.807) is 11.3 Å². The fourth-order valence-corrected chi connectivity index (χ4v) is 4.55. The summed E-state index contributed by atoms with van der Waals surface area (Å²) in [4.78, 5) is 19.8. The first kappa shape index (κ1) is 16.0. The molecule has 128 valence electrons. The number of anilines is 1. The Hall–Kier alpha value is -1.46. The van der Waals surface area contributed by atoms with E-state index < -0.39 is 0 Å². The molecule has 1 amide bonds. The Morgan fingerprint density at radius 2 is 2.21 bits per heavy atom. The first-order valence-corrected chi connectivity index (χ1v) is 9.89. The smallest absolute Gasteiger partial charge is 0.231 e. The zero-order chi connectivity index (χ0) is 16.5. The van der Waals surface area contributed by atoms with Gasteiger partial charge in [0.05, 0.1) is 22.9 Å². The monoisotopic (exact) mass is 344 g/mol. The predicted octanol–water partition coefficient (Wildman–Crippen LogP) is 4.17. The number of hydrogen-bond donors (Lipinski definition) is 0. The molecule has 0 spiro atoms. The summed E-state index contributed by atoms with van der Waals surface area (Å²) in [5.41, 5.74) is 2.31. The number of hydrogen-bond acceptors (Lipinski definition) is 4. The highest BCUT2D eigenvalue weighted by Gasteiger charge is 2.33. The summed E-state index contributed by atoms with van der Waals surface area (Å²) in [5.74, 6) is 0.429. The Labute approximate surface area is 146 Å². The van der Waals surface area contributed by atoms with Crippen molar-refractivity contribution in [3.63, 3.8) is 0 Å². The minimum atomic E-state index is 0.159. The number of ether oxygens (including phenoxy) is 1. The molecule has 5 heteroatoms. The summed E-state index contributed by atoms with van der Waals surface area (Å²) in [7, 11) is 0. The average Bonchev–Trinajstić information content (AvgIpc) is 3.19. The van der Waals surface area contributed by atoms with Gasteiger partial charge in [0.25, 0.3) is 0 Å². The van der Waals surface area contributed by atoms with Gasteiger partial charge < -0.3 is 4.74 Å². The van der Waals surface area contributed by atoms with Gasteiger partial charge in [-0.25, -0.2) is 4.98 Å². The Kier molecular flexibility index (Phi) is 4.55. The van der Waals surface area contributed by atoms with Crippen LogP contribution in [-0.2, 0) is 16.0 Å². The standard InChI is InChI=1S/C19H24N2O2S/c1-2-13-6-4-10-16-17(13)20-19(24-16)21(12-15-9-5-11-23-15)18(22)14-7-3-8-14/h4,6,10,14-15H,2-3,5,7-9,11-12H2,1H3. The van der Waals surface area contributed by atoms with Crippen molar-refractivity contribution in [2.75, 3.05) is 18.1 Å². The summed E-state index contributed by atoms with van der Waals surface area (Å²) >= 11 is 1.64. The van der Waals surface area contributed by atoms with Crippen LogP contribution in [0.1, 0.15) is 44.6 Å². The Morgan fingerprint density at radius 3 is 2.88 bits per heavy atom. The van der Waals surface area contributed by atoms with Gasteiger partial charge in [-0.3, -0.25) is 9.69 Å². The fraction of sp³-hybridized carbons (Fsp3) is 0.579. The first-order valence-electron chi connectivity index (χ1n) is 9.07. The number of fused-ring (bicyclic) bond motifs is 1. The summed E-state index contributed by atoms with van der Waals surface area (Å²) in [6.45, 7) is 3.62. The summed E-state index contributed by atoms with van der Waals surface area (Å²) in [5, 5.41) is 0.846. The zero-order valence-corrected chi connectivity index (χ0v) is 15.0. The molecule has 1 atom stereocenters. The van der Waals surface area contributed by atoms with E-state index in [1.807, 2.05) is 4.90 Å². The molecule has 2 fully saturated rings. The van der Waals surface area contributed by atoms with E-state index in [0.717, 1.165) is 49.4 Å². The van der Waals surface area contributed by atoms with Crippen molar-refractivity contribution in [2.45, 2.75) is 51.6 Å². The molecule has 0 N–H and O–H groups in total. The number of carbonyl (C=O) groups excluding carboxylic acids is 1. The molecule has 1 aliphatic carbocycles. The van der Waals surface area contributed by atoms with Gasteiger partial charge in [-0.15, -0.1) is 0 Å². The van der Waals surface area contributed by atoms with Gasteiger partial charge in [-0.2, -0.15) is 0 Å². The number of benzene rings is 1. The van der Waals surface area contributed by atoms with Crippen LogP contribution in [-0.4, -0.2) is 30.1 Å². The number of aryl methyl sites for hydroxylation is 1. The molecular weight excluding hydrogens is 320 g/mol. The number of amides is 1. The third-order valence-electron chi connectivity index (χ3n) is 5.23. The fourth-order valence-electron chi connectivity index (χ4n) is 3.52. The molecular formula is C19H24N2O2S. The van der Waals surface area contributed by atoms with Gasteiger partial charge in [-0.05, 0) is 43.7 Å². The van der Waals surface area contributed by atoms with E-state index in [-0.39, 0.29) is 17.9 Å². The van der Waals surface area contributed by atoms with E-state index >= 15 is 0 Å². The molecule has 0 radical (unpaired) electrons. The second-order valence-corrected chi connectivity index (χ2v) is 7.83. The van der Waals surface area contributed by atoms with Crippen molar-refractivity contribution in [2.24, 2.45) is 5.92 Å². The summed E-state index contributed by atoms with van der Waals surface area (Å²) < 4.78 is 6.96. The minimum Gasteiger partial charge on any atom is -0.376 e.